The molecule has 0 saturated carbocycles. The van der Waals surface area contributed by atoms with Crippen molar-refractivity contribution in [1.29, 1.82) is 0 Å². The molecule has 4 rings (SSSR count). The summed E-state index contributed by atoms with van der Waals surface area (Å²) in [6.07, 6.45) is 2.00. The summed E-state index contributed by atoms with van der Waals surface area (Å²) in [5, 5.41) is 7.47. The third kappa shape index (κ3) is 3.46. The molecule has 0 aliphatic carbocycles. The maximum absolute atomic E-state index is 5.86. The summed E-state index contributed by atoms with van der Waals surface area (Å²) < 4.78 is 11.3. The first kappa shape index (κ1) is 14.9. The van der Waals surface area contributed by atoms with E-state index in [1.54, 1.807) is 0 Å². The zero-order valence-corrected chi connectivity index (χ0v) is 13.3. The molecule has 0 spiro atoms. The molecule has 0 radical (unpaired) electrons. The number of hydrogen-bond donors (Lipinski definition) is 1. The van der Waals surface area contributed by atoms with Crippen molar-refractivity contribution in [2.24, 2.45) is 5.92 Å². The van der Waals surface area contributed by atoms with Crippen LogP contribution in [-0.4, -0.2) is 23.2 Å². The largest absolute Gasteiger partial charge is 0.457 e. The molecule has 0 amide bonds. The molecule has 0 bridgehead atoms. The monoisotopic (exact) mass is 321 g/mol. The van der Waals surface area contributed by atoms with E-state index in [4.69, 9.17) is 9.26 Å². The van der Waals surface area contributed by atoms with Gasteiger partial charge in [-0.25, -0.2) is 0 Å². The lowest BCUT2D eigenvalue weighted by atomic mass is 10.1. The van der Waals surface area contributed by atoms with Crippen LogP contribution in [0.3, 0.4) is 0 Å². The number of nitrogens with zero attached hydrogens (tertiary/aromatic N) is 2. The lowest BCUT2D eigenvalue weighted by molar-refractivity contribution is 0.358. The molecule has 3 aromatic rings. The highest BCUT2D eigenvalue weighted by Gasteiger charge is 2.19. The highest BCUT2D eigenvalue weighted by molar-refractivity contribution is 5.57. The Morgan fingerprint density at radius 2 is 1.96 bits per heavy atom. The smallest absolute Gasteiger partial charge is 0.227 e. The molecule has 1 aliphatic rings. The molecule has 1 fully saturated rings. The zero-order chi connectivity index (χ0) is 16.2. The van der Waals surface area contributed by atoms with Crippen molar-refractivity contribution >= 4 is 0 Å². The van der Waals surface area contributed by atoms with E-state index in [0.29, 0.717) is 17.6 Å². The molecule has 1 saturated heterocycles. The second kappa shape index (κ2) is 6.84. The summed E-state index contributed by atoms with van der Waals surface area (Å²) in [5.74, 6) is 3.45. The van der Waals surface area contributed by atoms with E-state index in [-0.39, 0.29) is 0 Å². The molecular formula is C19H19N3O2. The third-order valence-corrected chi connectivity index (χ3v) is 4.16. The highest BCUT2D eigenvalue weighted by atomic mass is 16.5. The molecule has 1 aromatic heterocycles. The normalized spacial score (nSPS) is 17.1. The van der Waals surface area contributed by atoms with Crippen LogP contribution in [0.5, 0.6) is 11.5 Å². The Labute approximate surface area is 140 Å². The maximum Gasteiger partial charge on any atom is 0.227 e. The van der Waals surface area contributed by atoms with Gasteiger partial charge >= 0.3 is 0 Å². The first-order valence-electron chi connectivity index (χ1n) is 8.23. The molecule has 122 valence electrons. The number of ether oxygens (including phenoxy) is 1. The summed E-state index contributed by atoms with van der Waals surface area (Å²) in [6.45, 7) is 2.10. The highest BCUT2D eigenvalue weighted by Crippen LogP contribution is 2.26. The van der Waals surface area contributed by atoms with E-state index in [1.807, 2.05) is 54.6 Å². The topological polar surface area (TPSA) is 60.2 Å². The predicted molar refractivity (Wildman–Crippen MR) is 90.9 cm³/mol. The molecular weight excluding hydrogens is 302 g/mol. The maximum atomic E-state index is 5.86. The average Bonchev–Trinajstić information content (AvgIpc) is 3.29. The van der Waals surface area contributed by atoms with Crippen LogP contribution < -0.4 is 10.1 Å². The van der Waals surface area contributed by atoms with Gasteiger partial charge in [-0.15, -0.1) is 0 Å². The van der Waals surface area contributed by atoms with E-state index in [1.165, 1.54) is 0 Å². The summed E-state index contributed by atoms with van der Waals surface area (Å²) in [7, 11) is 0. The summed E-state index contributed by atoms with van der Waals surface area (Å²) >= 11 is 0. The molecule has 2 heterocycles. The van der Waals surface area contributed by atoms with Crippen LogP contribution >= 0.6 is 0 Å². The lowest BCUT2D eigenvalue weighted by Crippen LogP contribution is -2.10. The van der Waals surface area contributed by atoms with Gasteiger partial charge in [0.2, 0.25) is 11.7 Å². The minimum atomic E-state index is 0.589. The van der Waals surface area contributed by atoms with Crippen LogP contribution in [0.4, 0.5) is 0 Å². The summed E-state index contributed by atoms with van der Waals surface area (Å²) in [5.41, 5.74) is 0.892. The van der Waals surface area contributed by atoms with E-state index < -0.39 is 0 Å². The van der Waals surface area contributed by atoms with Crippen molar-refractivity contribution in [3.8, 4) is 22.9 Å². The average molecular weight is 321 g/mol. The molecule has 5 heteroatoms. The van der Waals surface area contributed by atoms with E-state index in [2.05, 4.69) is 15.5 Å². The molecule has 24 heavy (non-hydrogen) atoms. The molecule has 5 nitrogen and oxygen atoms in total. The van der Waals surface area contributed by atoms with Crippen LogP contribution in [0.15, 0.2) is 59.1 Å². The van der Waals surface area contributed by atoms with Gasteiger partial charge in [0, 0.05) is 12.0 Å². The lowest BCUT2D eigenvalue weighted by Gasteiger charge is -2.06. The molecule has 2 aromatic carbocycles. The third-order valence-electron chi connectivity index (χ3n) is 4.16. The molecule has 1 N–H and O–H groups in total. The minimum Gasteiger partial charge on any atom is -0.457 e. The first-order chi connectivity index (χ1) is 11.9. The van der Waals surface area contributed by atoms with Gasteiger partial charge in [-0.1, -0.05) is 35.5 Å². The van der Waals surface area contributed by atoms with Crippen LogP contribution in [-0.2, 0) is 6.42 Å². The van der Waals surface area contributed by atoms with Gasteiger partial charge in [0.1, 0.15) is 11.5 Å². The number of nitrogens with one attached hydrogen (secondary N) is 1. The molecule has 1 unspecified atom stereocenters. The van der Waals surface area contributed by atoms with Crippen molar-refractivity contribution in [2.75, 3.05) is 13.1 Å². The second-order valence-electron chi connectivity index (χ2n) is 6.02. The fourth-order valence-corrected chi connectivity index (χ4v) is 2.91. The Morgan fingerprint density at radius 1 is 1.08 bits per heavy atom. The Hall–Kier alpha value is -2.66. The summed E-state index contributed by atoms with van der Waals surface area (Å²) in [4.78, 5) is 4.53. The van der Waals surface area contributed by atoms with E-state index >= 15 is 0 Å². The van der Waals surface area contributed by atoms with Gasteiger partial charge in [0.25, 0.3) is 0 Å². The number of rotatable bonds is 5. The summed E-state index contributed by atoms with van der Waals surface area (Å²) in [6, 6.07) is 17.5. The van der Waals surface area contributed by atoms with Gasteiger partial charge < -0.3 is 14.6 Å². The van der Waals surface area contributed by atoms with Crippen molar-refractivity contribution < 1.29 is 9.26 Å². The van der Waals surface area contributed by atoms with Crippen molar-refractivity contribution in [3.05, 3.63) is 60.5 Å². The van der Waals surface area contributed by atoms with Crippen molar-refractivity contribution in [2.45, 2.75) is 12.8 Å². The van der Waals surface area contributed by atoms with Crippen LogP contribution in [0, 0.1) is 5.92 Å². The van der Waals surface area contributed by atoms with E-state index in [0.717, 1.165) is 43.0 Å². The second-order valence-corrected chi connectivity index (χ2v) is 6.02. The van der Waals surface area contributed by atoms with Gasteiger partial charge in [0.05, 0.1) is 0 Å². The van der Waals surface area contributed by atoms with Crippen LogP contribution in [0.1, 0.15) is 12.3 Å². The first-order valence-corrected chi connectivity index (χ1v) is 8.23. The Morgan fingerprint density at radius 3 is 2.79 bits per heavy atom. The predicted octanol–water partition coefficient (Wildman–Crippen LogP) is 3.68. The van der Waals surface area contributed by atoms with Gasteiger partial charge in [-0.3, -0.25) is 0 Å². The fraction of sp³-hybridized carbons (Fsp3) is 0.263. The van der Waals surface area contributed by atoms with Gasteiger partial charge in [0.15, 0.2) is 0 Å². The number of para-hydroxylation sites is 1. The Balaban J connectivity index is 1.49. The van der Waals surface area contributed by atoms with Gasteiger partial charge in [-0.05, 0) is 49.7 Å². The van der Waals surface area contributed by atoms with E-state index in [9.17, 15) is 0 Å². The fourth-order valence-electron chi connectivity index (χ4n) is 2.91. The SMILES string of the molecule is c1ccc(Oc2cccc(-c3noc(CC4CCNC4)n3)c2)cc1. The van der Waals surface area contributed by atoms with Crippen molar-refractivity contribution in [1.82, 2.24) is 15.5 Å². The molecule has 1 aliphatic heterocycles. The Bertz CT molecular complexity index is 795. The van der Waals surface area contributed by atoms with Gasteiger partial charge in [-0.2, -0.15) is 4.98 Å². The van der Waals surface area contributed by atoms with Crippen LogP contribution in [0.25, 0.3) is 11.4 Å². The Kier molecular flexibility index (Phi) is 4.25. The number of aromatic nitrogens is 2. The molecule has 1 atom stereocenters. The van der Waals surface area contributed by atoms with Crippen molar-refractivity contribution in [3.63, 3.8) is 0 Å². The standard InChI is InChI=1S/C19H19N3O2/c1-2-6-16(7-3-1)23-17-8-4-5-15(12-17)19-21-18(24-22-19)11-14-9-10-20-13-14/h1-8,12,14,20H,9-11,13H2. The quantitative estimate of drug-likeness (QED) is 0.777. The minimum absolute atomic E-state index is 0.589. The number of benzene rings is 2. The van der Waals surface area contributed by atoms with Crippen LogP contribution in [0.2, 0.25) is 0 Å². The zero-order valence-electron chi connectivity index (χ0n) is 13.3. The number of hydrogen-bond acceptors (Lipinski definition) is 5.